The maximum absolute atomic E-state index is 12.9. The van der Waals surface area contributed by atoms with Crippen molar-refractivity contribution < 1.29 is 4.79 Å². The first-order valence-corrected chi connectivity index (χ1v) is 8.99. The zero-order valence-corrected chi connectivity index (χ0v) is 15.9. The van der Waals surface area contributed by atoms with Crippen LogP contribution >= 0.6 is 0 Å². The monoisotopic (exact) mass is 359 g/mol. The molecule has 0 aromatic heterocycles. The summed E-state index contributed by atoms with van der Waals surface area (Å²) < 4.78 is 0. The number of amides is 1. The standard InChI is InChI=1S/C23H25N3O/c1-16(18-10-7-11-19(14-18)17-8-5-4-6-9-17)25-23(27)21-15-20(24)12-13-22(21)26(2)3/h4-16H,24H2,1-3H3,(H,25,27). The van der Waals surface area contributed by atoms with Crippen LogP contribution < -0.4 is 16.0 Å². The van der Waals surface area contributed by atoms with E-state index in [2.05, 4.69) is 29.6 Å². The lowest BCUT2D eigenvalue weighted by atomic mass is 10.00. The molecule has 1 unspecified atom stereocenters. The van der Waals surface area contributed by atoms with Crippen LogP contribution in [0.15, 0.2) is 72.8 Å². The van der Waals surface area contributed by atoms with Crippen molar-refractivity contribution in [3.05, 3.63) is 83.9 Å². The Hall–Kier alpha value is -3.27. The molecule has 0 spiro atoms. The largest absolute Gasteiger partial charge is 0.399 e. The molecule has 0 bridgehead atoms. The third-order valence-corrected chi connectivity index (χ3v) is 4.59. The van der Waals surface area contributed by atoms with Crippen molar-refractivity contribution in [2.45, 2.75) is 13.0 Å². The minimum Gasteiger partial charge on any atom is -0.399 e. The van der Waals surface area contributed by atoms with E-state index in [-0.39, 0.29) is 11.9 Å². The minimum atomic E-state index is -0.136. The summed E-state index contributed by atoms with van der Waals surface area (Å²) in [6, 6.07) is 23.7. The van der Waals surface area contributed by atoms with E-state index in [0.717, 1.165) is 22.4 Å². The number of rotatable bonds is 5. The fourth-order valence-electron chi connectivity index (χ4n) is 3.10. The number of hydrogen-bond acceptors (Lipinski definition) is 3. The molecule has 3 rings (SSSR count). The van der Waals surface area contributed by atoms with Crippen molar-refractivity contribution in [1.82, 2.24) is 5.32 Å². The highest BCUT2D eigenvalue weighted by Crippen LogP contribution is 2.25. The van der Waals surface area contributed by atoms with Gasteiger partial charge in [-0.3, -0.25) is 4.79 Å². The second-order valence-electron chi connectivity index (χ2n) is 6.86. The van der Waals surface area contributed by atoms with Gasteiger partial charge in [0.05, 0.1) is 11.6 Å². The average molecular weight is 359 g/mol. The molecule has 0 radical (unpaired) electrons. The average Bonchev–Trinajstić information content (AvgIpc) is 2.68. The first kappa shape index (κ1) is 18.5. The lowest BCUT2D eigenvalue weighted by Gasteiger charge is -2.20. The molecule has 0 aliphatic heterocycles. The highest BCUT2D eigenvalue weighted by molar-refractivity contribution is 6.00. The van der Waals surface area contributed by atoms with E-state index in [0.29, 0.717) is 11.3 Å². The first-order chi connectivity index (χ1) is 13.0. The van der Waals surface area contributed by atoms with Crippen LogP contribution in [-0.2, 0) is 0 Å². The molecule has 0 saturated heterocycles. The Balaban J connectivity index is 1.83. The molecule has 0 fully saturated rings. The van der Waals surface area contributed by atoms with Gasteiger partial charge in [0.2, 0.25) is 0 Å². The number of nitrogens with one attached hydrogen (secondary N) is 1. The Bertz CT molecular complexity index is 935. The molecule has 138 valence electrons. The van der Waals surface area contributed by atoms with Gasteiger partial charge in [-0.2, -0.15) is 0 Å². The van der Waals surface area contributed by atoms with Crippen LogP contribution in [0.25, 0.3) is 11.1 Å². The van der Waals surface area contributed by atoms with Crippen molar-refractivity contribution in [2.75, 3.05) is 24.7 Å². The summed E-state index contributed by atoms with van der Waals surface area (Å²) >= 11 is 0. The highest BCUT2D eigenvalue weighted by atomic mass is 16.1. The summed E-state index contributed by atoms with van der Waals surface area (Å²) in [4.78, 5) is 14.8. The van der Waals surface area contributed by atoms with Crippen molar-refractivity contribution in [1.29, 1.82) is 0 Å². The molecule has 3 aromatic rings. The molecule has 3 aromatic carbocycles. The van der Waals surface area contributed by atoms with Gasteiger partial charge >= 0.3 is 0 Å². The molecule has 27 heavy (non-hydrogen) atoms. The van der Waals surface area contributed by atoms with Gasteiger partial charge in [-0.1, -0.05) is 48.5 Å². The zero-order valence-electron chi connectivity index (χ0n) is 15.9. The number of nitrogen functional groups attached to an aromatic ring is 1. The topological polar surface area (TPSA) is 58.4 Å². The maximum Gasteiger partial charge on any atom is 0.253 e. The first-order valence-electron chi connectivity index (χ1n) is 8.99. The van der Waals surface area contributed by atoms with Crippen molar-refractivity contribution in [2.24, 2.45) is 0 Å². The van der Waals surface area contributed by atoms with Crippen LogP contribution in [0.5, 0.6) is 0 Å². The Labute approximate surface area is 160 Å². The summed E-state index contributed by atoms with van der Waals surface area (Å²) in [6.45, 7) is 1.99. The number of anilines is 2. The normalized spacial score (nSPS) is 11.7. The molecule has 4 nitrogen and oxygen atoms in total. The second kappa shape index (κ2) is 7.96. The Kier molecular flexibility index (Phi) is 5.46. The van der Waals surface area contributed by atoms with E-state index in [9.17, 15) is 4.79 Å². The predicted octanol–water partition coefficient (Wildman–Crippen LogP) is 4.49. The third kappa shape index (κ3) is 4.29. The molecular weight excluding hydrogens is 334 g/mol. The number of carbonyl (C=O) groups excluding carboxylic acids is 1. The molecule has 0 aliphatic carbocycles. The van der Waals surface area contributed by atoms with Crippen LogP contribution in [0.2, 0.25) is 0 Å². The van der Waals surface area contributed by atoms with Gasteiger partial charge in [-0.15, -0.1) is 0 Å². The Morgan fingerprint density at radius 1 is 0.926 bits per heavy atom. The van der Waals surface area contributed by atoms with Gasteiger partial charge in [0.25, 0.3) is 5.91 Å². The molecule has 0 aliphatic rings. The van der Waals surface area contributed by atoms with Gasteiger partial charge in [-0.25, -0.2) is 0 Å². The number of hydrogen-bond donors (Lipinski definition) is 2. The predicted molar refractivity (Wildman–Crippen MR) is 113 cm³/mol. The van der Waals surface area contributed by atoms with Crippen molar-refractivity contribution in [3.8, 4) is 11.1 Å². The molecule has 1 amide bonds. The number of nitrogens with zero attached hydrogens (tertiary/aromatic N) is 1. The van der Waals surface area contributed by atoms with Gasteiger partial charge in [0.15, 0.2) is 0 Å². The Morgan fingerprint density at radius 2 is 1.63 bits per heavy atom. The smallest absolute Gasteiger partial charge is 0.253 e. The van der Waals surface area contributed by atoms with Crippen LogP contribution in [-0.4, -0.2) is 20.0 Å². The molecule has 0 saturated carbocycles. The highest BCUT2D eigenvalue weighted by Gasteiger charge is 2.16. The second-order valence-corrected chi connectivity index (χ2v) is 6.86. The third-order valence-electron chi connectivity index (χ3n) is 4.59. The molecular formula is C23H25N3O. The van der Waals surface area contributed by atoms with E-state index in [1.165, 1.54) is 0 Å². The van der Waals surface area contributed by atoms with Crippen molar-refractivity contribution in [3.63, 3.8) is 0 Å². The maximum atomic E-state index is 12.9. The van der Waals surface area contributed by atoms with E-state index >= 15 is 0 Å². The van der Waals surface area contributed by atoms with Crippen LogP contribution in [0.3, 0.4) is 0 Å². The lowest BCUT2D eigenvalue weighted by molar-refractivity contribution is 0.0940. The molecule has 3 N–H and O–H groups in total. The van der Waals surface area contributed by atoms with Crippen molar-refractivity contribution >= 4 is 17.3 Å². The van der Waals surface area contributed by atoms with Crippen LogP contribution in [0.4, 0.5) is 11.4 Å². The molecule has 1 atom stereocenters. The fourth-order valence-corrected chi connectivity index (χ4v) is 3.10. The van der Waals surface area contributed by atoms with Gasteiger partial charge in [0, 0.05) is 25.5 Å². The van der Waals surface area contributed by atoms with Crippen LogP contribution in [0, 0.1) is 0 Å². The SMILES string of the molecule is CC(NC(=O)c1cc(N)ccc1N(C)C)c1cccc(-c2ccccc2)c1. The summed E-state index contributed by atoms with van der Waals surface area (Å²) in [7, 11) is 3.82. The van der Waals surface area contributed by atoms with Gasteiger partial charge in [-0.05, 0) is 47.9 Å². The zero-order chi connectivity index (χ0) is 19.4. The summed E-state index contributed by atoms with van der Waals surface area (Å²) in [5, 5.41) is 3.09. The van der Waals surface area contributed by atoms with E-state index in [1.807, 2.05) is 62.3 Å². The minimum absolute atomic E-state index is 0.127. The molecule has 0 heterocycles. The quantitative estimate of drug-likeness (QED) is 0.660. The molecule has 4 heteroatoms. The summed E-state index contributed by atoms with van der Waals surface area (Å²) in [5.41, 5.74) is 11.2. The summed E-state index contributed by atoms with van der Waals surface area (Å²) in [6.07, 6.45) is 0. The summed E-state index contributed by atoms with van der Waals surface area (Å²) in [5.74, 6) is -0.136. The lowest BCUT2D eigenvalue weighted by Crippen LogP contribution is -2.28. The number of benzene rings is 3. The van der Waals surface area contributed by atoms with E-state index < -0.39 is 0 Å². The van der Waals surface area contributed by atoms with Crippen LogP contribution in [0.1, 0.15) is 28.9 Å². The fraction of sp³-hybridized carbons (Fsp3) is 0.174. The van der Waals surface area contributed by atoms with E-state index in [1.54, 1.807) is 12.1 Å². The van der Waals surface area contributed by atoms with Gasteiger partial charge < -0.3 is 16.0 Å². The Morgan fingerprint density at radius 3 is 2.33 bits per heavy atom. The van der Waals surface area contributed by atoms with E-state index in [4.69, 9.17) is 5.73 Å². The van der Waals surface area contributed by atoms with Gasteiger partial charge in [0.1, 0.15) is 0 Å². The number of nitrogens with two attached hydrogens (primary N) is 1. The number of carbonyl (C=O) groups is 1.